The highest BCUT2D eigenvalue weighted by Gasteiger charge is 2.21. The maximum atomic E-state index is 5.03. The van der Waals surface area contributed by atoms with Gasteiger partial charge in [0.05, 0.1) is 33.5 Å². The van der Waals surface area contributed by atoms with Crippen LogP contribution in [0, 0.1) is 0 Å². The summed E-state index contributed by atoms with van der Waals surface area (Å²) < 4.78 is 7.52. The molecule has 4 aromatic heterocycles. The van der Waals surface area contributed by atoms with Crippen molar-refractivity contribution in [2.24, 2.45) is 0 Å². The van der Waals surface area contributed by atoms with E-state index >= 15 is 0 Å². The molecule has 3 nitrogen and oxygen atoms in total. The van der Waals surface area contributed by atoms with Gasteiger partial charge in [0.25, 0.3) is 0 Å². The molecule has 51 heavy (non-hydrogen) atoms. The van der Waals surface area contributed by atoms with Crippen LogP contribution in [0.15, 0.2) is 176 Å². The van der Waals surface area contributed by atoms with E-state index in [1.165, 1.54) is 63.8 Å². The van der Waals surface area contributed by atoms with E-state index in [-0.39, 0.29) is 0 Å². The van der Waals surface area contributed by atoms with Crippen molar-refractivity contribution in [1.82, 2.24) is 14.1 Å². The summed E-state index contributed by atoms with van der Waals surface area (Å²) >= 11 is 1.88. The Labute approximate surface area is 297 Å². The number of hydrogen-bond acceptors (Lipinski definition) is 2. The maximum Gasteiger partial charge on any atom is 0.0709 e. The molecule has 0 saturated carbocycles. The van der Waals surface area contributed by atoms with Crippen molar-refractivity contribution in [3.05, 3.63) is 176 Å². The Hall–Kier alpha value is -6.49. The monoisotopic (exact) mass is 667 g/mol. The third-order valence-corrected chi connectivity index (χ3v) is 11.5. The predicted octanol–water partition coefficient (Wildman–Crippen LogP) is 13.0. The molecule has 0 radical (unpaired) electrons. The van der Waals surface area contributed by atoms with Crippen LogP contribution >= 0.6 is 11.3 Å². The summed E-state index contributed by atoms with van der Waals surface area (Å²) in [6, 6.07) is 63.4. The molecular formula is C47H29N3S. The number of fused-ring (bicyclic) bond motifs is 10. The van der Waals surface area contributed by atoms with Crippen molar-refractivity contribution in [2.45, 2.75) is 0 Å². The molecule has 4 heteroatoms. The third kappa shape index (κ3) is 4.27. The van der Waals surface area contributed by atoms with Gasteiger partial charge in [-0.25, -0.2) is 4.98 Å². The van der Waals surface area contributed by atoms with E-state index in [0.29, 0.717) is 0 Å². The molecule has 0 spiro atoms. The predicted molar refractivity (Wildman–Crippen MR) is 217 cm³/mol. The molecule has 0 bridgehead atoms. The number of thiophene rings is 1. The molecule has 4 heterocycles. The Morgan fingerprint density at radius 1 is 0.353 bits per heavy atom. The lowest BCUT2D eigenvalue weighted by Gasteiger charge is -2.11. The summed E-state index contributed by atoms with van der Waals surface area (Å²) in [6.07, 6.45) is 0. The molecule has 0 fully saturated rings. The molecular weight excluding hydrogens is 639 g/mol. The van der Waals surface area contributed by atoms with Crippen molar-refractivity contribution in [2.75, 3.05) is 0 Å². The molecule has 238 valence electrons. The molecule has 11 aromatic rings. The van der Waals surface area contributed by atoms with E-state index in [1.807, 2.05) is 17.4 Å². The number of nitrogens with zero attached hydrogens (tertiary/aromatic N) is 3. The lowest BCUT2D eigenvalue weighted by atomic mass is 10.0. The first-order valence-corrected chi connectivity index (χ1v) is 18.1. The molecule has 0 aliphatic heterocycles. The Morgan fingerprint density at radius 2 is 0.980 bits per heavy atom. The average Bonchev–Trinajstić information content (AvgIpc) is 3.85. The second kappa shape index (κ2) is 11.0. The molecule has 0 aliphatic rings. The van der Waals surface area contributed by atoms with Gasteiger partial charge in [0.1, 0.15) is 0 Å². The van der Waals surface area contributed by atoms with Crippen molar-refractivity contribution in [3.8, 4) is 33.9 Å². The number of para-hydroxylation sites is 2. The zero-order chi connectivity index (χ0) is 33.5. The van der Waals surface area contributed by atoms with Crippen LogP contribution in [0.3, 0.4) is 0 Å². The molecule has 0 aliphatic carbocycles. The summed E-state index contributed by atoms with van der Waals surface area (Å²) in [5.74, 6) is 0. The Balaban J connectivity index is 1.17. The zero-order valence-corrected chi connectivity index (χ0v) is 28.3. The smallest absolute Gasteiger partial charge is 0.0709 e. The van der Waals surface area contributed by atoms with E-state index in [4.69, 9.17) is 4.98 Å². The molecule has 0 unspecified atom stereocenters. The molecule has 7 aromatic carbocycles. The second-order valence-corrected chi connectivity index (χ2v) is 14.2. The van der Waals surface area contributed by atoms with Crippen LogP contribution in [0.2, 0.25) is 0 Å². The van der Waals surface area contributed by atoms with Gasteiger partial charge < -0.3 is 9.13 Å². The van der Waals surface area contributed by atoms with Gasteiger partial charge in [-0.05, 0) is 72.8 Å². The Morgan fingerprint density at radius 3 is 1.78 bits per heavy atom. The molecule has 11 rings (SSSR count). The van der Waals surface area contributed by atoms with Crippen molar-refractivity contribution in [3.63, 3.8) is 0 Å². The molecule has 0 atom stereocenters. The summed E-state index contributed by atoms with van der Waals surface area (Å²) in [5, 5.41) is 7.76. The highest BCUT2D eigenvalue weighted by molar-refractivity contribution is 7.26. The fourth-order valence-corrected chi connectivity index (χ4v) is 9.18. The third-order valence-electron chi connectivity index (χ3n) is 10.3. The zero-order valence-electron chi connectivity index (χ0n) is 27.5. The average molecular weight is 668 g/mol. The SMILES string of the molecule is c1ccc(-c2cccc(-c3ccc(-n4c5ccccc5c5cc6c7c8c(ccc7n(-c7ccccc7)c6cc54)sc4ccccc48)cc3)n2)cc1. The van der Waals surface area contributed by atoms with Gasteiger partial charge >= 0.3 is 0 Å². The Bertz CT molecular complexity index is 3110. The first kappa shape index (κ1) is 28.4. The summed E-state index contributed by atoms with van der Waals surface area (Å²) in [4.78, 5) is 5.03. The van der Waals surface area contributed by atoms with Gasteiger partial charge in [0.15, 0.2) is 0 Å². The Kier molecular flexibility index (Phi) is 6.12. The number of hydrogen-bond donors (Lipinski definition) is 0. The maximum absolute atomic E-state index is 5.03. The number of benzene rings is 7. The lowest BCUT2D eigenvalue weighted by molar-refractivity contribution is 1.16. The second-order valence-electron chi connectivity index (χ2n) is 13.2. The number of aromatic nitrogens is 3. The van der Waals surface area contributed by atoms with Crippen LogP contribution in [-0.2, 0) is 0 Å². The van der Waals surface area contributed by atoms with Crippen LogP contribution < -0.4 is 0 Å². The highest BCUT2D eigenvalue weighted by Crippen LogP contribution is 2.45. The molecule has 0 N–H and O–H groups in total. The minimum atomic E-state index is 0.964. The molecule has 0 saturated heterocycles. The van der Waals surface area contributed by atoms with Crippen molar-refractivity contribution >= 4 is 75.1 Å². The van der Waals surface area contributed by atoms with Gasteiger partial charge in [-0.3, -0.25) is 0 Å². The minimum Gasteiger partial charge on any atom is -0.309 e. The first-order chi connectivity index (χ1) is 25.3. The number of pyridine rings is 1. The van der Waals surface area contributed by atoms with E-state index in [9.17, 15) is 0 Å². The van der Waals surface area contributed by atoms with E-state index in [2.05, 4.69) is 179 Å². The van der Waals surface area contributed by atoms with Gasteiger partial charge in [-0.2, -0.15) is 0 Å². The van der Waals surface area contributed by atoms with Crippen LogP contribution in [-0.4, -0.2) is 14.1 Å². The van der Waals surface area contributed by atoms with E-state index in [0.717, 1.165) is 33.9 Å². The normalized spacial score (nSPS) is 11.9. The van der Waals surface area contributed by atoms with Crippen molar-refractivity contribution in [1.29, 1.82) is 0 Å². The van der Waals surface area contributed by atoms with Gasteiger partial charge in [-0.15, -0.1) is 11.3 Å². The quantitative estimate of drug-likeness (QED) is 0.183. The number of rotatable bonds is 4. The van der Waals surface area contributed by atoms with Gasteiger partial charge in [0.2, 0.25) is 0 Å². The molecule has 0 amide bonds. The largest absolute Gasteiger partial charge is 0.309 e. The van der Waals surface area contributed by atoms with Gasteiger partial charge in [0, 0.05) is 64.2 Å². The summed E-state index contributed by atoms with van der Waals surface area (Å²) in [7, 11) is 0. The van der Waals surface area contributed by atoms with E-state index < -0.39 is 0 Å². The first-order valence-electron chi connectivity index (χ1n) is 17.3. The van der Waals surface area contributed by atoms with E-state index in [1.54, 1.807) is 0 Å². The van der Waals surface area contributed by atoms with Crippen molar-refractivity contribution < 1.29 is 0 Å². The van der Waals surface area contributed by atoms with Crippen LogP contribution in [0.1, 0.15) is 0 Å². The van der Waals surface area contributed by atoms with Crippen LogP contribution in [0.4, 0.5) is 0 Å². The fourth-order valence-electron chi connectivity index (χ4n) is 8.06. The highest BCUT2D eigenvalue weighted by atomic mass is 32.1. The standard InChI is InChI=1S/C47H29N3S/c1-3-12-30(13-4-1)38-18-11-19-39(48-38)31-22-24-33(25-23-31)49-40-20-9-7-16-34(40)36-28-37-43(29-42(36)49)50(32-14-5-2-6-15-32)41-26-27-45-47(46(37)41)35-17-8-10-21-44(35)51-45/h1-29H. The topological polar surface area (TPSA) is 22.8 Å². The van der Waals surface area contributed by atoms with Crippen LogP contribution in [0.25, 0.3) is 97.7 Å². The van der Waals surface area contributed by atoms with Gasteiger partial charge in [-0.1, -0.05) is 103 Å². The summed E-state index contributed by atoms with van der Waals surface area (Å²) in [6.45, 7) is 0. The van der Waals surface area contributed by atoms with Crippen LogP contribution in [0.5, 0.6) is 0 Å². The minimum absolute atomic E-state index is 0.964. The lowest BCUT2D eigenvalue weighted by Crippen LogP contribution is -1.96. The fraction of sp³-hybridized carbons (Fsp3) is 0. The summed E-state index contributed by atoms with van der Waals surface area (Å²) in [5.41, 5.74) is 11.2.